The zero-order valence-electron chi connectivity index (χ0n) is 11.5. The van der Waals surface area contributed by atoms with E-state index in [0.717, 1.165) is 24.4 Å². The fourth-order valence-corrected chi connectivity index (χ4v) is 3.33. The van der Waals surface area contributed by atoms with Gasteiger partial charge < -0.3 is 10.1 Å². The van der Waals surface area contributed by atoms with E-state index in [-0.39, 0.29) is 0 Å². The van der Waals surface area contributed by atoms with Gasteiger partial charge in [-0.15, -0.1) is 0 Å². The van der Waals surface area contributed by atoms with Gasteiger partial charge in [0.15, 0.2) is 0 Å². The van der Waals surface area contributed by atoms with Gasteiger partial charge in [0.2, 0.25) is 0 Å². The largest absolute Gasteiger partial charge is 0.384 e. The van der Waals surface area contributed by atoms with Crippen LogP contribution in [0.5, 0.6) is 0 Å². The summed E-state index contributed by atoms with van der Waals surface area (Å²) in [4.78, 5) is 0. The van der Waals surface area contributed by atoms with E-state index in [4.69, 9.17) is 4.74 Å². The fraction of sp³-hybridized carbons (Fsp3) is 1.00. The molecule has 4 atom stereocenters. The van der Waals surface area contributed by atoms with E-state index in [1.807, 2.05) is 7.11 Å². The number of ether oxygens (including phenoxy) is 1. The molecular weight excluding hydrogens is 198 g/mol. The molecule has 0 saturated heterocycles. The molecule has 0 aromatic heterocycles. The number of hydrogen-bond donors (Lipinski definition) is 1. The maximum atomic E-state index is 5.33. The molecule has 0 amide bonds. The zero-order chi connectivity index (χ0) is 12.0. The second kappa shape index (κ2) is 7.29. The lowest BCUT2D eigenvalue weighted by atomic mass is 9.68. The highest BCUT2D eigenvalue weighted by molar-refractivity contribution is 4.83. The van der Waals surface area contributed by atoms with E-state index in [2.05, 4.69) is 26.2 Å². The summed E-state index contributed by atoms with van der Waals surface area (Å²) in [6.45, 7) is 6.78. The predicted molar refractivity (Wildman–Crippen MR) is 69.6 cm³/mol. The minimum Gasteiger partial charge on any atom is -0.384 e. The molecule has 0 heterocycles. The zero-order valence-corrected chi connectivity index (χ0v) is 11.5. The lowest BCUT2D eigenvalue weighted by Gasteiger charge is -2.39. The number of methoxy groups -OCH3 is 1. The first kappa shape index (κ1) is 14.0. The highest BCUT2D eigenvalue weighted by atomic mass is 16.5. The summed E-state index contributed by atoms with van der Waals surface area (Å²) in [6, 6.07) is 0. The van der Waals surface area contributed by atoms with Crippen molar-refractivity contribution in [1.29, 1.82) is 0 Å². The molecule has 16 heavy (non-hydrogen) atoms. The maximum Gasteiger partial charge on any atom is 0.0490 e. The standard InChI is InChI=1S/C14H29NO/c1-5-12-6-7-13(9-15-3)14(8-12)11(2)10-16-4/h11-15H,5-10H2,1-4H3. The molecule has 1 rings (SSSR count). The Morgan fingerprint density at radius 3 is 2.69 bits per heavy atom. The second-order valence-electron chi connectivity index (χ2n) is 5.50. The average molecular weight is 227 g/mol. The molecule has 2 heteroatoms. The quantitative estimate of drug-likeness (QED) is 0.753. The lowest BCUT2D eigenvalue weighted by Crippen LogP contribution is -2.36. The first-order valence-electron chi connectivity index (χ1n) is 6.86. The molecule has 0 aromatic carbocycles. The van der Waals surface area contributed by atoms with Crippen LogP contribution in [0.25, 0.3) is 0 Å². The summed E-state index contributed by atoms with van der Waals surface area (Å²) in [5, 5.41) is 3.36. The first-order valence-corrected chi connectivity index (χ1v) is 6.86. The highest BCUT2D eigenvalue weighted by Gasteiger charge is 2.32. The van der Waals surface area contributed by atoms with Gasteiger partial charge >= 0.3 is 0 Å². The Labute approximate surface area is 101 Å². The van der Waals surface area contributed by atoms with Crippen molar-refractivity contribution in [2.75, 3.05) is 27.3 Å². The molecule has 0 bridgehead atoms. The third-order valence-corrected chi connectivity index (χ3v) is 4.36. The van der Waals surface area contributed by atoms with Gasteiger partial charge in [-0.25, -0.2) is 0 Å². The number of nitrogens with one attached hydrogen (secondary N) is 1. The molecule has 1 saturated carbocycles. The Bertz CT molecular complexity index is 184. The Morgan fingerprint density at radius 1 is 1.38 bits per heavy atom. The van der Waals surface area contributed by atoms with Crippen LogP contribution in [0.3, 0.4) is 0 Å². The van der Waals surface area contributed by atoms with Gasteiger partial charge in [0.05, 0.1) is 0 Å². The van der Waals surface area contributed by atoms with E-state index in [1.54, 1.807) is 0 Å². The minimum absolute atomic E-state index is 0.706. The van der Waals surface area contributed by atoms with Crippen LogP contribution < -0.4 is 5.32 Å². The topological polar surface area (TPSA) is 21.3 Å². The molecule has 1 aliphatic carbocycles. The van der Waals surface area contributed by atoms with Crippen molar-refractivity contribution in [1.82, 2.24) is 5.32 Å². The van der Waals surface area contributed by atoms with Crippen molar-refractivity contribution >= 4 is 0 Å². The lowest BCUT2D eigenvalue weighted by molar-refractivity contribution is 0.0655. The van der Waals surface area contributed by atoms with Gasteiger partial charge in [0, 0.05) is 13.7 Å². The molecule has 1 aliphatic rings. The van der Waals surface area contributed by atoms with Crippen LogP contribution in [0.4, 0.5) is 0 Å². The van der Waals surface area contributed by atoms with Gasteiger partial charge in [-0.3, -0.25) is 0 Å². The molecule has 4 unspecified atom stereocenters. The number of rotatable bonds is 6. The summed E-state index contributed by atoms with van der Waals surface area (Å²) >= 11 is 0. The summed E-state index contributed by atoms with van der Waals surface area (Å²) in [5.74, 6) is 3.37. The normalized spacial score (nSPS) is 32.6. The smallest absolute Gasteiger partial charge is 0.0490 e. The van der Waals surface area contributed by atoms with Gasteiger partial charge in [-0.2, -0.15) is 0 Å². The third-order valence-electron chi connectivity index (χ3n) is 4.36. The maximum absolute atomic E-state index is 5.33. The summed E-state index contributed by atoms with van der Waals surface area (Å²) in [7, 11) is 3.90. The summed E-state index contributed by atoms with van der Waals surface area (Å²) in [6.07, 6.45) is 5.59. The predicted octanol–water partition coefficient (Wildman–Crippen LogP) is 2.93. The van der Waals surface area contributed by atoms with E-state index in [9.17, 15) is 0 Å². The van der Waals surface area contributed by atoms with Crippen molar-refractivity contribution in [2.24, 2.45) is 23.7 Å². The van der Waals surface area contributed by atoms with Gasteiger partial charge in [0.1, 0.15) is 0 Å². The van der Waals surface area contributed by atoms with Crippen LogP contribution in [0.15, 0.2) is 0 Å². The van der Waals surface area contributed by atoms with Crippen LogP contribution >= 0.6 is 0 Å². The van der Waals surface area contributed by atoms with E-state index in [0.29, 0.717) is 5.92 Å². The second-order valence-corrected chi connectivity index (χ2v) is 5.50. The van der Waals surface area contributed by atoms with Crippen molar-refractivity contribution in [3.63, 3.8) is 0 Å². The van der Waals surface area contributed by atoms with Gasteiger partial charge in [-0.1, -0.05) is 26.7 Å². The molecule has 0 aromatic rings. The Kier molecular flexibility index (Phi) is 6.37. The number of hydrogen-bond acceptors (Lipinski definition) is 2. The van der Waals surface area contributed by atoms with E-state index < -0.39 is 0 Å². The van der Waals surface area contributed by atoms with E-state index in [1.165, 1.54) is 32.2 Å². The van der Waals surface area contributed by atoms with Crippen LogP contribution in [-0.4, -0.2) is 27.3 Å². The average Bonchev–Trinajstić information content (AvgIpc) is 2.30. The third kappa shape index (κ3) is 3.74. The monoisotopic (exact) mass is 227 g/mol. The first-order chi connectivity index (χ1) is 7.72. The van der Waals surface area contributed by atoms with Crippen molar-refractivity contribution < 1.29 is 4.74 Å². The van der Waals surface area contributed by atoms with Crippen LogP contribution in [0, 0.1) is 23.7 Å². The van der Waals surface area contributed by atoms with Crippen molar-refractivity contribution in [2.45, 2.75) is 39.5 Å². The Balaban J connectivity index is 2.55. The Hall–Kier alpha value is -0.0800. The van der Waals surface area contributed by atoms with Crippen molar-refractivity contribution in [3.8, 4) is 0 Å². The highest BCUT2D eigenvalue weighted by Crippen LogP contribution is 2.39. The van der Waals surface area contributed by atoms with Crippen molar-refractivity contribution in [3.05, 3.63) is 0 Å². The Morgan fingerprint density at radius 2 is 2.12 bits per heavy atom. The molecule has 1 fully saturated rings. The molecule has 1 N–H and O–H groups in total. The van der Waals surface area contributed by atoms with Crippen LogP contribution in [-0.2, 0) is 4.74 Å². The van der Waals surface area contributed by atoms with Gasteiger partial charge in [0.25, 0.3) is 0 Å². The molecule has 2 nitrogen and oxygen atoms in total. The SMILES string of the molecule is CCC1CCC(CNC)C(C(C)COC)C1. The molecule has 0 spiro atoms. The van der Waals surface area contributed by atoms with E-state index >= 15 is 0 Å². The van der Waals surface area contributed by atoms with Crippen LogP contribution in [0.2, 0.25) is 0 Å². The van der Waals surface area contributed by atoms with Crippen LogP contribution in [0.1, 0.15) is 39.5 Å². The summed E-state index contributed by atoms with van der Waals surface area (Å²) < 4.78 is 5.33. The molecular formula is C14H29NO. The minimum atomic E-state index is 0.706. The molecule has 0 radical (unpaired) electrons. The van der Waals surface area contributed by atoms with Gasteiger partial charge in [-0.05, 0) is 50.1 Å². The molecule has 96 valence electrons. The molecule has 0 aliphatic heterocycles. The summed E-state index contributed by atoms with van der Waals surface area (Å²) in [5.41, 5.74) is 0. The fourth-order valence-electron chi connectivity index (χ4n) is 3.33.